The molecule has 1 amide bonds. The van der Waals surface area contributed by atoms with E-state index in [1.165, 1.54) is 0 Å². The number of fused-ring (bicyclic) bond motifs is 1. The molecular formula is C15H22N4O. The number of anilines is 1. The first-order valence-corrected chi connectivity index (χ1v) is 6.79. The van der Waals surface area contributed by atoms with Gasteiger partial charge < -0.3 is 20.9 Å². The van der Waals surface area contributed by atoms with Crippen LogP contribution in [0.4, 0.5) is 5.69 Å². The van der Waals surface area contributed by atoms with Crippen LogP contribution in [0.15, 0.2) is 24.4 Å². The van der Waals surface area contributed by atoms with Crippen molar-refractivity contribution in [3.05, 3.63) is 30.0 Å². The molecule has 2 rings (SSSR count). The summed E-state index contributed by atoms with van der Waals surface area (Å²) in [5.41, 5.74) is 7.97. The highest BCUT2D eigenvalue weighted by Crippen LogP contribution is 2.20. The third-order valence-electron chi connectivity index (χ3n) is 3.34. The van der Waals surface area contributed by atoms with Crippen LogP contribution in [0.2, 0.25) is 0 Å². The molecule has 5 heteroatoms. The standard InChI is InChI=1S/C15H22N4O/c1-10(6-7-19(2)3)18-15(20)13-9-17-14-8-11(16)4-5-12(13)14/h4-5,8-10,17H,6-7,16H2,1-3H3,(H,18,20). The molecule has 20 heavy (non-hydrogen) atoms. The van der Waals surface area contributed by atoms with Gasteiger partial charge in [-0.05, 0) is 52.2 Å². The quantitative estimate of drug-likeness (QED) is 0.728. The van der Waals surface area contributed by atoms with E-state index in [9.17, 15) is 4.79 Å². The normalized spacial score (nSPS) is 12.8. The fourth-order valence-electron chi connectivity index (χ4n) is 2.16. The Morgan fingerprint density at radius 3 is 2.90 bits per heavy atom. The van der Waals surface area contributed by atoms with Gasteiger partial charge in [-0.2, -0.15) is 0 Å². The number of H-pyrrole nitrogens is 1. The van der Waals surface area contributed by atoms with E-state index in [2.05, 4.69) is 15.2 Å². The van der Waals surface area contributed by atoms with Crippen molar-refractivity contribution in [1.29, 1.82) is 0 Å². The van der Waals surface area contributed by atoms with Crippen LogP contribution >= 0.6 is 0 Å². The van der Waals surface area contributed by atoms with Crippen molar-refractivity contribution in [3.8, 4) is 0 Å². The molecule has 0 spiro atoms. The van der Waals surface area contributed by atoms with Gasteiger partial charge in [0, 0.05) is 28.8 Å². The highest BCUT2D eigenvalue weighted by molar-refractivity contribution is 6.07. The van der Waals surface area contributed by atoms with E-state index >= 15 is 0 Å². The number of nitrogen functional groups attached to an aromatic ring is 1. The largest absolute Gasteiger partial charge is 0.399 e. The summed E-state index contributed by atoms with van der Waals surface area (Å²) in [6, 6.07) is 5.66. The Morgan fingerprint density at radius 2 is 2.20 bits per heavy atom. The maximum atomic E-state index is 12.3. The Morgan fingerprint density at radius 1 is 1.45 bits per heavy atom. The molecule has 0 aliphatic heterocycles. The molecule has 1 heterocycles. The number of aromatic amines is 1. The van der Waals surface area contributed by atoms with Gasteiger partial charge in [0.15, 0.2) is 0 Å². The van der Waals surface area contributed by atoms with E-state index < -0.39 is 0 Å². The fourth-order valence-corrected chi connectivity index (χ4v) is 2.16. The van der Waals surface area contributed by atoms with E-state index in [1.807, 2.05) is 39.2 Å². The Bertz CT molecular complexity index is 603. The van der Waals surface area contributed by atoms with Crippen LogP contribution in [0.5, 0.6) is 0 Å². The van der Waals surface area contributed by atoms with Gasteiger partial charge in [0.25, 0.3) is 5.91 Å². The van der Waals surface area contributed by atoms with Gasteiger partial charge in [-0.3, -0.25) is 4.79 Å². The Hall–Kier alpha value is -2.01. The van der Waals surface area contributed by atoms with Crippen molar-refractivity contribution in [1.82, 2.24) is 15.2 Å². The minimum Gasteiger partial charge on any atom is -0.399 e. The lowest BCUT2D eigenvalue weighted by Gasteiger charge is -2.16. The monoisotopic (exact) mass is 274 g/mol. The van der Waals surface area contributed by atoms with E-state index in [0.717, 1.165) is 23.9 Å². The van der Waals surface area contributed by atoms with E-state index in [0.29, 0.717) is 11.3 Å². The Labute approximate surface area is 119 Å². The topological polar surface area (TPSA) is 74.2 Å². The zero-order valence-electron chi connectivity index (χ0n) is 12.2. The lowest BCUT2D eigenvalue weighted by Crippen LogP contribution is -2.34. The van der Waals surface area contributed by atoms with Crippen molar-refractivity contribution in [2.75, 3.05) is 26.4 Å². The molecule has 4 N–H and O–H groups in total. The summed E-state index contributed by atoms with van der Waals surface area (Å²) in [5.74, 6) is -0.0488. The number of carbonyl (C=O) groups is 1. The summed E-state index contributed by atoms with van der Waals surface area (Å²) in [7, 11) is 4.05. The summed E-state index contributed by atoms with van der Waals surface area (Å²) in [6.07, 6.45) is 2.66. The van der Waals surface area contributed by atoms with E-state index in [4.69, 9.17) is 5.73 Å². The van der Waals surface area contributed by atoms with Crippen LogP contribution in [0, 0.1) is 0 Å². The van der Waals surface area contributed by atoms with Crippen LogP contribution in [-0.4, -0.2) is 42.5 Å². The average molecular weight is 274 g/mol. The molecule has 1 unspecified atom stereocenters. The first-order chi connectivity index (χ1) is 9.47. The van der Waals surface area contributed by atoms with E-state index in [1.54, 1.807) is 6.20 Å². The zero-order chi connectivity index (χ0) is 14.7. The van der Waals surface area contributed by atoms with Gasteiger partial charge in [-0.15, -0.1) is 0 Å². The smallest absolute Gasteiger partial charge is 0.253 e. The lowest BCUT2D eigenvalue weighted by molar-refractivity contribution is 0.0938. The Balaban J connectivity index is 2.08. The van der Waals surface area contributed by atoms with Gasteiger partial charge >= 0.3 is 0 Å². The summed E-state index contributed by atoms with van der Waals surface area (Å²) in [5, 5.41) is 3.93. The van der Waals surface area contributed by atoms with Gasteiger partial charge in [0.1, 0.15) is 0 Å². The van der Waals surface area contributed by atoms with Crippen LogP contribution < -0.4 is 11.1 Å². The number of hydrogen-bond acceptors (Lipinski definition) is 3. The Kier molecular flexibility index (Phi) is 4.29. The van der Waals surface area contributed by atoms with Gasteiger partial charge in [0.05, 0.1) is 5.56 Å². The van der Waals surface area contributed by atoms with Gasteiger partial charge in [-0.25, -0.2) is 0 Å². The maximum absolute atomic E-state index is 12.3. The maximum Gasteiger partial charge on any atom is 0.253 e. The van der Waals surface area contributed by atoms with Crippen LogP contribution in [-0.2, 0) is 0 Å². The molecule has 0 aliphatic carbocycles. The molecule has 1 aromatic heterocycles. The first kappa shape index (κ1) is 14.4. The van der Waals surface area contributed by atoms with Crippen molar-refractivity contribution >= 4 is 22.5 Å². The van der Waals surface area contributed by atoms with Crippen LogP contribution in [0.3, 0.4) is 0 Å². The lowest BCUT2D eigenvalue weighted by atomic mass is 10.1. The summed E-state index contributed by atoms with van der Waals surface area (Å²) >= 11 is 0. The second-order valence-corrected chi connectivity index (χ2v) is 5.47. The number of nitrogens with two attached hydrogens (primary N) is 1. The molecule has 5 nitrogen and oxygen atoms in total. The molecule has 108 valence electrons. The fraction of sp³-hybridized carbons (Fsp3) is 0.400. The minimum absolute atomic E-state index is 0.0488. The number of nitrogens with zero attached hydrogens (tertiary/aromatic N) is 1. The SMILES string of the molecule is CC(CCN(C)C)NC(=O)c1c[nH]c2cc(N)ccc12. The number of benzene rings is 1. The first-order valence-electron chi connectivity index (χ1n) is 6.79. The number of amides is 1. The van der Waals surface area contributed by atoms with Crippen molar-refractivity contribution in [2.45, 2.75) is 19.4 Å². The third kappa shape index (κ3) is 3.30. The van der Waals surface area contributed by atoms with Crippen LogP contribution in [0.25, 0.3) is 10.9 Å². The van der Waals surface area contributed by atoms with Crippen molar-refractivity contribution in [3.63, 3.8) is 0 Å². The number of hydrogen-bond donors (Lipinski definition) is 3. The molecule has 1 aromatic carbocycles. The molecule has 0 fully saturated rings. The third-order valence-corrected chi connectivity index (χ3v) is 3.34. The van der Waals surface area contributed by atoms with Gasteiger partial charge in [0.2, 0.25) is 0 Å². The molecule has 0 radical (unpaired) electrons. The minimum atomic E-state index is -0.0488. The van der Waals surface area contributed by atoms with E-state index in [-0.39, 0.29) is 11.9 Å². The second kappa shape index (κ2) is 5.96. The van der Waals surface area contributed by atoms with Crippen molar-refractivity contribution < 1.29 is 4.79 Å². The molecule has 0 bridgehead atoms. The zero-order valence-corrected chi connectivity index (χ0v) is 12.2. The van der Waals surface area contributed by atoms with Crippen molar-refractivity contribution in [2.24, 2.45) is 0 Å². The highest BCUT2D eigenvalue weighted by atomic mass is 16.1. The number of carbonyl (C=O) groups excluding carboxylic acids is 1. The molecule has 2 aromatic rings. The molecule has 1 atom stereocenters. The molecule has 0 saturated heterocycles. The second-order valence-electron chi connectivity index (χ2n) is 5.47. The predicted octanol–water partition coefficient (Wildman–Crippen LogP) is 1.82. The summed E-state index contributed by atoms with van der Waals surface area (Å²) in [4.78, 5) is 17.5. The predicted molar refractivity (Wildman–Crippen MR) is 82.8 cm³/mol. The summed E-state index contributed by atoms with van der Waals surface area (Å²) in [6.45, 7) is 2.97. The van der Waals surface area contributed by atoms with Crippen LogP contribution in [0.1, 0.15) is 23.7 Å². The number of aromatic nitrogens is 1. The van der Waals surface area contributed by atoms with Gasteiger partial charge in [-0.1, -0.05) is 0 Å². The number of nitrogens with one attached hydrogen (secondary N) is 2. The number of rotatable bonds is 5. The summed E-state index contributed by atoms with van der Waals surface area (Å²) < 4.78 is 0. The highest BCUT2D eigenvalue weighted by Gasteiger charge is 2.14. The molecule has 0 aliphatic rings. The molecule has 0 saturated carbocycles. The average Bonchev–Trinajstić information content (AvgIpc) is 2.79. The molecular weight excluding hydrogens is 252 g/mol.